The Morgan fingerprint density at radius 2 is 2.09 bits per heavy atom. The van der Waals surface area contributed by atoms with Gasteiger partial charge in [-0.15, -0.1) is 0 Å². The predicted molar refractivity (Wildman–Crippen MR) is 85.1 cm³/mol. The molecule has 0 radical (unpaired) electrons. The number of hydrogen-bond acceptors (Lipinski definition) is 3. The molecule has 1 aromatic heterocycles. The molecule has 1 aromatic carbocycles. The summed E-state index contributed by atoms with van der Waals surface area (Å²) in [6.45, 7) is 5.29. The molecule has 1 heterocycles. The van der Waals surface area contributed by atoms with Crippen LogP contribution in [0.25, 0.3) is 0 Å². The van der Waals surface area contributed by atoms with Crippen LogP contribution in [0.5, 0.6) is 0 Å². The van der Waals surface area contributed by atoms with Gasteiger partial charge in [0.25, 0.3) is 0 Å². The fourth-order valence-electron chi connectivity index (χ4n) is 2.38. The van der Waals surface area contributed by atoms with E-state index in [1.165, 1.54) is 5.56 Å². The number of hydrogen-bond donors (Lipinski definition) is 1. The Morgan fingerprint density at radius 3 is 2.68 bits per heavy atom. The average molecular weight is 301 g/mol. The molecule has 0 spiro atoms. The number of carbonyl (C=O) groups excluding carboxylic acids is 1. The molecule has 2 rings (SSSR count). The third-order valence-electron chi connectivity index (χ3n) is 3.62. The summed E-state index contributed by atoms with van der Waals surface area (Å²) < 4.78 is 1.76. The Bertz CT molecular complexity index is 578. The Labute approximate surface area is 131 Å². The van der Waals surface area contributed by atoms with Gasteiger partial charge in [-0.3, -0.25) is 9.48 Å². The molecule has 0 aliphatic heterocycles. The van der Waals surface area contributed by atoms with Gasteiger partial charge in [-0.05, 0) is 18.6 Å². The number of aliphatic hydroxyl groups is 1. The Kier molecular flexibility index (Phi) is 5.72. The second-order valence-electron chi connectivity index (χ2n) is 5.60. The number of aryl methyl sites for hydroxylation is 1. The number of benzene rings is 1. The smallest absolute Gasteiger partial charge is 0.227 e. The summed E-state index contributed by atoms with van der Waals surface area (Å²) in [5, 5.41) is 13.4. The van der Waals surface area contributed by atoms with Crippen LogP contribution >= 0.6 is 0 Å². The van der Waals surface area contributed by atoms with Gasteiger partial charge in [0, 0.05) is 25.5 Å². The first-order valence-electron chi connectivity index (χ1n) is 7.52. The van der Waals surface area contributed by atoms with Crippen LogP contribution in [0.2, 0.25) is 0 Å². The maximum absolute atomic E-state index is 12.6. The summed E-state index contributed by atoms with van der Waals surface area (Å²) >= 11 is 0. The fraction of sp³-hybridized carbons (Fsp3) is 0.412. The third-order valence-corrected chi connectivity index (χ3v) is 3.62. The van der Waals surface area contributed by atoms with Crippen molar-refractivity contribution in [2.75, 3.05) is 13.2 Å². The Morgan fingerprint density at radius 1 is 1.36 bits per heavy atom. The van der Waals surface area contributed by atoms with Gasteiger partial charge in [0.2, 0.25) is 5.91 Å². The van der Waals surface area contributed by atoms with Crippen LogP contribution in [0, 0.1) is 12.8 Å². The maximum Gasteiger partial charge on any atom is 0.227 e. The van der Waals surface area contributed by atoms with Crippen molar-refractivity contribution in [1.82, 2.24) is 14.7 Å². The highest BCUT2D eigenvalue weighted by atomic mass is 16.3. The van der Waals surface area contributed by atoms with E-state index in [0.29, 0.717) is 19.6 Å². The molecule has 2 aromatic rings. The second-order valence-corrected chi connectivity index (χ2v) is 5.60. The summed E-state index contributed by atoms with van der Waals surface area (Å²) in [6.07, 6.45) is 3.55. The topological polar surface area (TPSA) is 58.4 Å². The van der Waals surface area contributed by atoms with E-state index in [-0.39, 0.29) is 18.4 Å². The lowest BCUT2D eigenvalue weighted by molar-refractivity contribution is -0.136. The summed E-state index contributed by atoms with van der Waals surface area (Å²) in [5.74, 6) is -0.151. The quantitative estimate of drug-likeness (QED) is 0.849. The molecular weight excluding hydrogens is 278 g/mol. The summed E-state index contributed by atoms with van der Waals surface area (Å²) in [4.78, 5) is 14.3. The predicted octanol–water partition coefficient (Wildman–Crippen LogP) is 1.85. The van der Waals surface area contributed by atoms with Crippen molar-refractivity contribution >= 4 is 5.91 Å². The van der Waals surface area contributed by atoms with Gasteiger partial charge in [0.15, 0.2) is 0 Å². The number of aliphatic hydroxyl groups excluding tert-OH is 1. The zero-order chi connectivity index (χ0) is 15.9. The van der Waals surface area contributed by atoms with Crippen LogP contribution in [0.15, 0.2) is 42.7 Å². The molecule has 0 aliphatic rings. The summed E-state index contributed by atoms with van der Waals surface area (Å²) in [7, 11) is 0. The van der Waals surface area contributed by atoms with E-state index in [9.17, 15) is 9.90 Å². The standard InChI is InChI=1S/C17H23N3O2/c1-14-4-6-16(7-5-14)13-19(10-11-21)17(22)15(2)12-20-9-3-8-18-20/h3-9,15,21H,10-13H2,1-2H3. The van der Waals surface area contributed by atoms with E-state index in [1.807, 2.05) is 50.4 Å². The minimum absolute atomic E-state index is 0.0325. The largest absolute Gasteiger partial charge is 0.395 e. The van der Waals surface area contributed by atoms with Gasteiger partial charge in [0.05, 0.1) is 19.1 Å². The molecule has 0 bridgehead atoms. The first kappa shape index (κ1) is 16.2. The molecule has 22 heavy (non-hydrogen) atoms. The summed E-state index contributed by atoms with van der Waals surface area (Å²) in [6, 6.07) is 9.94. The van der Waals surface area contributed by atoms with E-state index < -0.39 is 0 Å². The first-order chi connectivity index (χ1) is 10.6. The molecule has 1 N–H and O–H groups in total. The molecule has 0 aliphatic carbocycles. The van der Waals surface area contributed by atoms with Crippen LogP contribution in [-0.4, -0.2) is 38.8 Å². The number of rotatable bonds is 7. The van der Waals surface area contributed by atoms with Crippen molar-refractivity contribution in [3.63, 3.8) is 0 Å². The molecule has 5 heteroatoms. The Hall–Kier alpha value is -2.14. The number of amides is 1. The number of aromatic nitrogens is 2. The van der Waals surface area contributed by atoms with Crippen LogP contribution in [0.4, 0.5) is 0 Å². The molecular formula is C17H23N3O2. The zero-order valence-electron chi connectivity index (χ0n) is 13.1. The first-order valence-corrected chi connectivity index (χ1v) is 7.52. The lowest BCUT2D eigenvalue weighted by Crippen LogP contribution is -2.38. The SMILES string of the molecule is Cc1ccc(CN(CCO)C(=O)C(C)Cn2cccn2)cc1. The molecule has 1 atom stereocenters. The molecule has 1 amide bonds. The van der Waals surface area contributed by atoms with Crippen molar-refractivity contribution in [2.24, 2.45) is 5.92 Å². The number of nitrogens with zero attached hydrogens (tertiary/aromatic N) is 3. The average Bonchev–Trinajstić information content (AvgIpc) is 3.01. The van der Waals surface area contributed by atoms with Crippen LogP contribution in [0.3, 0.4) is 0 Å². The van der Waals surface area contributed by atoms with E-state index in [2.05, 4.69) is 5.10 Å². The lowest BCUT2D eigenvalue weighted by atomic mass is 10.1. The minimum Gasteiger partial charge on any atom is -0.395 e. The van der Waals surface area contributed by atoms with Gasteiger partial charge in [-0.25, -0.2) is 0 Å². The minimum atomic E-state index is -0.183. The van der Waals surface area contributed by atoms with Crippen molar-refractivity contribution in [2.45, 2.75) is 26.9 Å². The van der Waals surface area contributed by atoms with Crippen molar-refractivity contribution < 1.29 is 9.90 Å². The number of carbonyl (C=O) groups is 1. The van der Waals surface area contributed by atoms with E-state index >= 15 is 0 Å². The maximum atomic E-state index is 12.6. The monoisotopic (exact) mass is 301 g/mol. The van der Waals surface area contributed by atoms with E-state index in [1.54, 1.807) is 15.8 Å². The molecule has 5 nitrogen and oxygen atoms in total. The van der Waals surface area contributed by atoms with Crippen molar-refractivity contribution in [1.29, 1.82) is 0 Å². The van der Waals surface area contributed by atoms with E-state index in [0.717, 1.165) is 5.56 Å². The zero-order valence-corrected chi connectivity index (χ0v) is 13.1. The van der Waals surface area contributed by atoms with E-state index in [4.69, 9.17) is 0 Å². The molecule has 0 saturated carbocycles. The normalized spacial score (nSPS) is 12.1. The highest BCUT2D eigenvalue weighted by Crippen LogP contribution is 2.11. The van der Waals surface area contributed by atoms with Gasteiger partial charge < -0.3 is 10.0 Å². The second kappa shape index (κ2) is 7.75. The molecule has 0 fully saturated rings. The molecule has 0 saturated heterocycles. The van der Waals surface area contributed by atoms with Crippen molar-refractivity contribution in [3.05, 3.63) is 53.9 Å². The van der Waals surface area contributed by atoms with Crippen LogP contribution < -0.4 is 0 Å². The molecule has 1 unspecified atom stereocenters. The fourth-order valence-corrected chi connectivity index (χ4v) is 2.38. The van der Waals surface area contributed by atoms with Gasteiger partial charge >= 0.3 is 0 Å². The highest BCUT2D eigenvalue weighted by Gasteiger charge is 2.21. The van der Waals surface area contributed by atoms with Gasteiger partial charge in [-0.2, -0.15) is 5.10 Å². The van der Waals surface area contributed by atoms with Gasteiger partial charge in [0.1, 0.15) is 0 Å². The Balaban J connectivity index is 2.02. The highest BCUT2D eigenvalue weighted by molar-refractivity contribution is 5.78. The van der Waals surface area contributed by atoms with Crippen LogP contribution in [-0.2, 0) is 17.9 Å². The summed E-state index contributed by atoms with van der Waals surface area (Å²) in [5.41, 5.74) is 2.26. The van der Waals surface area contributed by atoms with Crippen LogP contribution in [0.1, 0.15) is 18.1 Å². The molecule has 118 valence electrons. The lowest BCUT2D eigenvalue weighted by Gasteiger charge is -2.25. The van der Waals surface area contributed by atoms with Gasteiger partial charge in [-0.1, -0.05) is 36.8 Å². The third kappa shape index (κ3) is 4.43. The van der Waals surface area contributed by atoms with Crippen molar-refractivity contribution in [3.8, 4) is 0 Å².